The van der Waals surface area contributed by atoms with Gasteiger partial charge in [-0.15, -0.1) is 0 Å². The zero-order valence-electron chi connectivity index (χ0n) is 18.1. The predicted molar refractivity (Wildman–Crippen MR) is 123 cm³/mol. The van der Waals surface area contributed by atoms with Gasteiger partial charge in [0.2, 0.25) is 10.0 Å². The molecule has 0 aliphatic carbocycles. The Bertz CT molecular complexity index is 1400. The van der Waals surface area contributed by atoms with Crippen LogP contribution in [0.15, 0.2) is 46.3 Å². The summed E-state index contributed by atoms with van der Waals surface area (Å²) in [6.07, 6.45) is 2.71. The molecule has 0 N–H and O–H groups in total. The summed E-state index contributed by atoms with van der Waals surface area (Å²) in [5.41, 5.74) is 0.704. The Kier molecular flexibility index (Phi) is 6.32. The maximum atomic E-state index is 12.8. The van der Waals surface area contributed by atoms with E-state index in [0.29, 0.717) is 33.9 Å². The summed E-state index contributed by atoms with van der Waals surface area (Å²) in [6, 6.07) is 8.46. The second-order valence-electron chi connectivity index (χ2n) is 7.60. The van der Waals surface area contributed by atoms with Crippen molar-refractivity contribution in [2.75, 3.05) is 20.2 Å². The molecule has 0 bridgehead atoms. The molecule has 0 radical (unpaired) electrons. The Labute approximate surface area is 193 Å². The van der Waals surface area contributed by atoms with E-state index < -0.39 is 20.9 Å². The number of aromatic nitrogens is 1. The topological polar surface area (TPSA) is 124 Å². The number of carbonyl (C=O) groups excluding carboxylic acids is 1. The first-order valence-corrected chi connectivity index (χ1v) is 12.5. The van der Waals surface area contributed by atoms with E-state index in [2.05, 4.69) is 4.99 Å². The molecule has 174 valence electrons. The first-order valence-electron chi connectivity index (χ1n) is 10.2. The van der Waals surface area contributed by atoms with E-state index in [-0.39, 0.29) is 16.1 Å². The predicted octanol–water partition coefficient (Wildman–Crippen LogP) is 3.07. The number of fused-ring (bicyclic) bond motifs is 1. The van der Waals surface area contributed by atoms with Gasteiger partial charge in [-0.25, -0.2) is 8.42 Å². The zero-order chi connectivity index (χ0) is 23.8. The molecule has 0 unspecified atom stereocenters. The van der Waals surface area contributed by atoms with Crippen molar-refractivity contribution in [3.05, 3.63) is 56.9 Å². The molecule has 1 saturated heterocycles. The van der Waals surface area contributed by atoms with Crippen LogP contribution in [0.25, 0.3) is 10.2 Å². The highest BCUT2D eigenvalue weighted by Gasteiger charge is 2.26. The molecule has 1 aliphatic rings. The van der Waals surface area contributed by atoms with E-state index in [1.54, 1.807) is 11.6 Å². The monoisotopic (exact) mass is 490 g/mol. The molecule has 33 heavy (non-hydrogen) atoms. The number of amides is 1. The fourth-order valence-electron chi connectivity index (χ4n) is 3.77. The van der Waals surface area contributed by atoms with Crippen molar-refractivity contribution in [2.45, 2.75) is 24.2 Å². The minimum absolute atomic E-state index is 0.121. The molecule has 1 aromatic heterocycles. The molecule has 0 spiro atoms. The van der Waals surface area contributed by atoms with Crippen LogP contribution in [-0.2, 0) is 17.1 Å². The smallest absolute Gasteiger partial charge is 0.279 e. The number of aryl methyl sites for hydroxylation is 1. The molecule has 2 aromatic carbocycles. The van der Waals surface area contributed by atoms with Gasteiger partial charge in [-0.3, -0.25) is 14.9 Å². The molecular weight excluding hydrogens is 468 g/mol. The second kappa shape index (κ2) is 9.04. The number of non-ortho nitro benzene ring substituents is 1. The molecule has 12 heteroatoms. The van der Waals surface area contributed by atoms with Crippen molar-refractivity contribution in [1.29, 1.82) is 0 Å². The van der Waals surface area contributed by atoms with Gasteiger partial charge in [-0.2, -0.15) is 9.30 Å². The van der Waals surface area contributed by atoms with Crippen molar-refractivity contribution >= 4 is 43.2 Å². The second-order valence-corrected chi connectivity index (χ2v) is 10.5. The van der Waals surface area contributed by atoms with Crippen LogP contribution in [-0.4, -0.2) is 48.3 Å². The molecule has 2 heterocycles. The minimum Gasteiger partial charge on any atom is -0.494 e. The number of methoxy groups -OCH3 is 1. The average Bonchev–Trinajstić information content (AvgIpc) is 3.14. The number of hydrogen-bond acceptors (Lipinski definition) is 7. The highest BCUT2D eigenvalue weighted by Crippen LogP contribution is 2.32. The van der Waals surface area contributed by atoms with Crippen LogP contribution in [0, 0.1) is 10.1 Å². The van der Waals surface area contributed by atoms with E-state index in [9.17, 15) is 23.3 Å². The fraction of sp³-hybridized carbons (Fsp3) is 0.333. The van der Waals surface area contributed by atoms with E-state index in [4.69, 9.17) is 4.74 Å². The Morgan fingerprint density at radius 3 is 2.42 bits per heavy atom. The maximum absolute atomic E-state index is 12.8. The number of rotatable bonds is 5. The summed E-state index contributed by atoms with van der Waals surface area (Å²) in [6.45, 7) is 1.00. The van der Waals surface area contributed by atoms with Gasteiger partial charge in [0, 0.05) is 31.8 Å². The summed E-state index contributed by atoms with van der Waals surface area (Å²) >= 11 is 1.12. The third-order valence-corrected chi connectivity index (χ3v) is 8.52. The van der Waals surface area contributed by atoms with Crippen LogP contribution in [0.4, 0.5) is 5.69 Å². The zero-order valence-corrected chi connectivity index (χ0v) is 19.7. The van der Waals surface area contributed by atoms with Gasteiger partial charge < -0.3 is 9.30 Å². The number of sulfonamides is 1. The average molecular weight is 491 g/mol. The normalized spacial score (nSPS) is 15.6. The third kappa shape index (κ3) is 4.41. The molecule has 10 nitrogen and oxygen atoms in total. The summed E-state index contributed by atoms with van der Waals surface area (Å²) in [4.78, 5) is 28.1. The van der Waals surface area contributed by atoms with Gasteiger partial charge in [0.05, 0.1) is 27.7 Å². The lowest BCUT2D eigenvalue weighted by Crippen LogP contribution is -2.35. The van der Waals surface area contributed by atoms with Crippen molar-refractivity contribution in [2.24, 2.45) is 12.0 Å². The highest BCUT2D eigenvalue weighted by atomic mass is 32.2. The van der Waals surface area contributed by atoms with E-state index in [0.717, 1.165) is 30.6 Å². The van der Waals surface area contributed by atoms with Crippen molar-refractivity contribution in [1.82, 2.24) is 8.87 Å². The number of hydrogen-bond donors (Lipinski definition) is 0. The number of thiazole rings is 1. The molecule has 0 atom stereocenters. The molecule has 0 saturated carbocycles. The fourth-order valence-corrected chi connectivity index (χ4v) is 6.36. The largest absolute Gasteiger partial charge is 0.494 e. The number of benzene rings is 2. The quantitative estimate of drug-likeness (QED) is 0.400. The number of nitrogens with zero attached hydrogens (tertiary/aromatic N) is 4. The lowest BCUT2D eigenvalue weighted by atomic mass is 10.2. The van der Waals surface area contributed by atoms with Gasteiger partial charge in [0.1, 0.15) is 5.52 Å². The Morgan fingerprint density at radius 2 is 1.82 bits per heavy atom. The van der Waals surface area contributed by atoms with Crippen molar-refractivity contribution in [3.8, 4) is 5.75 Å². The van der Waals surface area contributed by atoms with Crippen LogP contribution in [0.3, 0.4) is 0 Å². The number of ether oxygens (including phenoxy) is 1. The maximum Gasteiger partial charge on any atom is 0.279 e. The van der Waals surface area contributed by atoms with Gasteiger partial charge in [-0.1, -0.05) is 17.8 Å². The van der Waals surface area contributed by atoms with Crippen molar-refractivity contribution < 1.29 is 22.9 Å². The van der Waals surface area contributed by atoms with Gasteiger partial charge >= 0.3 is 0 Å². The number of nitro groups is 1. The van der Waals surface area contributed by atoms with Gasteiger partial charge in [-0.05, 0) is 37.1 Å². The molecule has 1 fully saturated rings. The van der Waals surface area contributed by atoms with E-state index in [1.165, 1.54) is 47.8 Å². The SMILES string of the molecule is COc1cc([N+](=O)[O-])cc2sc(=NC(=O)c3ccc(S(=O)(=O)N4CCCCC4)cc3)n(C)c12. The molecular formula is C21H22N4O6S2. The molecule has 3 aromatic rings. The molecule has 4 rings (SSSR count). The summed E-state index contributed by atoms with van der Waals surface area (Å²) in [5.74, 6) is -0.244. The van der Waals surface area contributed by atoms with E-state index >= 15 is 0 Å². The molecule has 1 aliphatic heterocycles. The van der Waals surface area contributed by atoms with Crippen LogP contribution < -0.4 is 9.54 Å². The molecule has 1 amide bonds. The van der Waals surface area contributed by atoms with Crippen LogP contribution in [0.2, 0.25) is 0 Å². The summed E-state index contributed by atoms with van der Waals surface area (Å²) < 4.78 is 34.5. The van der Waals surface area contributed by atoms with E-state index in [1.807, 2.05) is 0 Å². The Morgan fingerprint density at radius 1 is 1.15 bits per heavy atom. The highest BCUT2D eigenvalue weighted by molar-refractivity contribution is 7.89. The standard InChI is InChI=1S/C21H22N4O6S2/c1-23-19-17(31-2)12-15(25(27)28)13-18(19)32-21(23)22-20(26)14-6-8-16(9-7-14)33(29,30)24-10-4-3-5-11-24/h6-9,12-13H,3-5,10-11H2,1-2H3. The Hall–Kier alpha value is -3.09. The summed E-state index contributed by atoms with van der Waals surface area (Å²) in [7, 11) is -0.483. The van der Waals surface area contributed by atoms with Crippen molar-refractivity contribution in [3.63, 3.8) is 0 Å². The number of nitro benzene ring substituents is 1. The lowest BCUT2D eigenvalue weighted by molar-refractivity contribution is -0.384. The van der Waals surface area contributed by atoms with Gasteiger partial charge in [0.15, 0.2) is 10.6 Å². The number of carbonyl (C=O) groups is 1. The Balaban J connectivity index is 1.67. The first-order chi connectivity index (χ1) is 15.7. The van der Waals surface area contributed by atoms with Crippen LogP contribution >= 0.6 is 11.3 Å². The third-order valence-electron chi connectivity index (χ3n) is 5.53. The van der Waals surface area contributed by atoms with Crippen LogP contribution in [0.5, 0.6) is 5.75 Å². The van der Waals surface area contributed by atoms with Crippen LogP contribution in [0.1, 0.15) is 29.6 Å². The van der Waals surface area contributed by atoms with Gasteiger partial charge in [0.25, 0.3) is 11.6 Å². The minimum atomic E-state index is -3.59. The lowest BCUT2D eigenvalue weighted by Gasteiger charge is -2.25. The number of piperidine rings is 1. The summed E-state index contributed by atoms with van der Waals surface area (Å²) in [5, 5.41) is 11.2. The first kappa shape index (κ1) is 23.1.